The number of carbonyl (C=O) groups is 2. The van der Waals surface area contributed by atoms with Gasteiger partial charge in [0.05, 0.1) is 18.8 Å². The van der Waals surface area contributed by atoms with Crippen molar-refractivity contribution in [1.82, 2.24) is 0 Å². The molecule has 0 aliphatic rings. The summed E-state index contributed by atoms with van der Waals surface area (Å²) in [5.41, 5.74) is 1.51. The van der Waals surface area contributed by atoms with Gasteiger partial charge in [-0.15, -0.1) is 0 Å². The van der Waals surface area contributed by atoms with Gasteiger partial charge in [0.25, 0.3) is 0 Å². The fraction of sp³-hybridized carbons (Fsp3) is 0.636. The number of rotatable bonds is 16. The molecule has 0 aromatic heterocycles. The highest BCUT2D eigenvalue weighted by molar-refractivity contribution is 5.89. The number of nitrogens with one attached hydrogen (secondary N) is 1. The molecule has 0 spiro atoms. The third-order valence-electron chi connectivity index (χ3n) is 4.17. The molecule has 0 aliphatic carbocycles. The first kappa shape index (κ1) is 24.0. The lowest BCUT2D eigenvalue weighted by Crippen LogP contribution is -2.14. The van der Waals surface area contributed by atoms with Crippen molar-refractivity contribution in [1.29, 1.82) is 0 Å². The molecule has 0 saturated carbocycles. The lowest BCUT2D eigenvalue weighted by atomic mass is 10.2. The molecule has 1 N–H and O–H groups in total. The van der Waals surface area contributed by atoms with Crippen molar-refractivity contribution in [3.05, 3.63) is 29.8 Å². The van der Waals surface area contributed by atoms with Gasteiger partial charge in [-0.25, -0.2) is 4.79 Å². The minimum atomic E-state index is -0.373. The number of carbonyl (C=O) groups excluding carboxylic acids is 2. The summed E-state index contributed by atoms with van der Waals surface area (Å²) in [6, 6.07) is 7.24. The Hall–Kier alpha value is -2.08. The average molecular weight is 394 g/mol. The molecule has 0 unspecified atom stereocenters. The summed E-state index contributed by atoms with van der Waals surface area (Å²) < 4.78 is 15.6. The van der Waals surface area contributed by atoms with E-state index >= 15 is 0 Å². The molecule has 6 heteroatoms. The van der Waals surface area contributed by atoms with Gasteiger partial charge in [-0.1, -0.05) is 39.5 Å². The number of esters is 2. The predicted molar refractivity (Wildman–Crippen MR) is 111 cm³/mol. The zero-order valence-corrected chi connectivity index (χ0v) is 17.3. The Morgan fingerprint density at radius 1 is 0.821 bits per heavy atom. The summed E-state index contributed by atoms with van der Waals surface area (Å²) in [6.07, 6.45) is 6.95. The summed E-state index contributed by atoms with van der Waals surface area (Å²) in [5, 5.41) is 3.30. The summed E-state index contributed by atoms with van der Waals surface area (Å²) >= 11 is 0. The maximum Gasteiger partial charge on any atom is 0.338 e. The molecule has 1 rings (SSSR count). The van der Waals surface area contributed by atoms with Gasteiger partial charge in [-0.2, -0.15) is 0 Å². The standard InChI is InChI=1S/C22H35NO5/c1-3-5-7-8-9-21(24)27-17-15-26-16-18-28-22(25)19-10-12-20(13-11-19)23-14-6-4-2/h10-13,23H,3-9,14-18H2,1-2H3. The molecule has 1 aromatic carbocycles. The van der Waals surface area contributed by atoms with Crippen molar-refractivity contribution in [2.45, 2.75) is 58.8 Å². The quantitative estimate of drug-likeness (QED) is 0.327. The van der Waals surface area contributed by atoms with Gasteiger partial charge in [-0.05, 0) is 37.1 Å². The highest BCUT2D eigenvalue weighted by atomic mass is 16.6. The summed E-state index contributed by atoms with van der Waals surface area (Å²) in [4.78, 5) is 23.5. The summed E-state index contributed by atoms with van der Waals surface area (Å²) in [7, 11) is 0. The predicted octanol–water partition coefficient (Wildman–Crippen LogP) is 4.59. The van der Waals surface area contributed by atoms with Crippen LogP contribution in [0.4, 0.5) is 5.69 Å². The van der Waals surface area contributed by atoms with Gasteiger partial charge < -0.3 is 19.5 Å². The third-order valence-corrected chi connectivity index (χ3v) is 4.17. The fourth-order valence-electron chi connectivity index (χ4n) is 2.50. The van der Waals surface area contributed by atoms with Crippen molar-refractivity contribution in [3.63, 3.8) is 0 Å². The monoisotopic (exact) mass is 393 g/mol. The third kappa shape index (κ3) is 11.6. The second-order valence-corrected chi connectivity index (χ2v) is 6.64. The molecular formula is C22H35NO5. The largest absolute Gasteiger partial charge is 0.463 e. The van der Waals surface area contributed by atoms with Crippen LogP contribution in [0, 0.1) is 0 Å². The number of ether oxygens (including phenoxy) is 3. The molecule has 158 valence electrons. The molecule has 0 radical (unpaired) electrons. The van der Waals surface area contributed by atoms with Crippen molar-refractivity contribution in [2.75, 3.05) is 38.3 Å². The zero-order valence-electron chi connectivity index (χ0n) is 17.3. The van der Waals surface area contributed by atoms with Gasteiger partial charge in [0.15, 0.2) is 0 Å². The second-order valence-electron chi connectivity index (χ2n) is 6.64. The Balaban J connectivity index is 2.05. The molecule has 0 fully saturated rings. The first-order chi connectivity index (χ1) is 13.7. The Kier molecular flexibility index (Phi) is 13.6. The van der Waals surface area contributed by atoms with Crippen molar-refractivity contribution in [2.24, 2.45) is 0 Å². The van der Waals surface area contributed by atoms with Crippen LogP contribution in [-0.4, -0.2) is 44.9 Å². The minimum Gasteiger partial charge on any atom is -0.463 e. The molecule has 0 amide bonds. The van der Waals surface area contributed by atoms with Crippen molar-refractivity contribution in [3.8, 4) is 0 Å². The van der Waals surface area contributed by atoms with Crippen LogP contribution < -0.4 is 5.32 Å². The van der Waals surface area contributed by atoms with Crippen LogP contribution in [0.3, 0.4) is 0 Å². The molecule has 0 saturated heterocycles. The van der Waals surface area contributed by atoms with Gasteiger partial charge in [-0.3, -0.25) is 4.79 Å². The molecular weight excluding hydrogens is 358 g/mol. The van der Waals surface area contributed by atoms with Crippen LogP contribution in [0.5, 0.6) is 0 Å². The molecule has 0 aliphatic heterocycles. The van der Waals surface area contributed by atoms with E-state index in [2.05, 4.69) is 19.2 Å². The molecule has 6 nitrogen and oxygen atoms in total. The molecule has 28 heavy (non-hydrogen) atoms. The maximum absolute atomic E-state index is 12.0. The first-order valence-corrected chi connectivity index (χ1v) is 10.4. The molecule has 0 heterocycles. The SMILES string of the molecule is CCCCCCC(=O)OCCOCCOC(=O)c1ccc(NCCCC)cc1. The van der Waals surface area contributed by atoms with Crippen molar-refractivity contribution < 1.29 is 23.8 Å². The smallest absolute Gasteiger partial charge is 0.338 e. The Bertz CT molecular complexity index is 544. The zero-order chi connectivity index (χ0) is 20.5. The normalized spacial score (nSPS) is 10.5. The van der Waals surface area contributed by atoms with E-state index in [4.69, 9.17) is 14.2 Å². The van der Waals surface area contributed by atoms with Gasteiger partial charge in [0.1, 0.15) is 13.2 Å². The van der Waals surface area contributed by atoms with E-state index < -0.39 is 0 Å². The Morgan fingerprint density at radius 3 is 2.18 bits per heavy atom. The summed E-state index contributed by atoms with van der Waals surface area (Å²) in [6.45, 7) is 6.17. The highest BCUT2D eigenvalue weighted by Gasteiger charge is 2.07. The number of hydrogen-bond donors (Lipinski definition) is 1. The van der Waals surface area contributed by atoms with Crippen LogP contribution in [0.15, 0.2) is 24.3 Å². The number of unbranched alkanes of at least 4 members (excludes halogenated alkanes) is 4. The molecule has 0 bridgehead atoms. The van der Waals surface area contributed by atoms with Crippen molar-refractivity contribution >= 4 is 17.6 Å². The topological polar surface area (TPSA) is 73.9 Å². The van der Waals surface area contributed by atoms with E-state index in [1.165, 1.54) is 0 Å². The number of hydrogen-bond acceptors (Lipinski definition) is 6. The molecule has 1 aromatic rings. The van der Waals surface area contributed by atoms with Crippen LogP contribution in [0.1, 0.15) is 69.2 Å². The Morgan fingerprint density at radius 2 is 1.50 bits per heavy atom. The average Bonchev–Trinajstić information content (AvgIpc) is 2.71. The van der Waals surface area contributed by atoms with Gasteiger partial charge in [0, 0.05) is 18.7 Å². The lowest BCUT2D eigenvalue weighted by Gasteiger charge is -2.08. The molecule has 0 atom stereocenters. The van der Waals surface area contributed by atoms with Crippen LogP contribution >= 0.6 is 0 Å². The number of benzene rings is 1. The van der Waals surface area contributed by atoms with E-state index in [9.17, 15) is 9.59 Å². The number of anilines is 1. The van der Waals surface area contributed by atoms with E-state index in [0.717, 1.165) is 50.8 Å². The maximum atomic E-state index is 12.0. The minimum absolute atomic E-state index is 0.167. The van der Waals surface area contributed by atoms with Crippen LogP contribution in [0.25, 0.3) is 0 Å². The van der Waals surface area contributed by atoms with E-state index in [0.29, 0.717) is 18.6 Å². The first-order valence-electron chi connectivity index (χ1n) is 10.4. The second kappa shape index (κ2) is 15.9. The van der Waals surface area contributed by atoms with Gasteiger partial charge in [0.2, 0.25) is 0 Å². The summed E-state index contributed by atoms with van der Waals surface area (Å²) in [5.74, 6) is -0.555. The van der Waals surface area contributed by atoms with E-state index in [-0.39, 0.29) is 31.8 Å². The van der Waals surface area contributed by atoms with Crippen LogP contribution in [0.2, 0.25) is 0 Å². The highest BCUT2D eigenvalue weighted by Crippen LogP contribution is 2.11. The van der Waals surface area contributed by atoms with E-state index in [1.807, 2.05) is 12.1 Å². The fourth-order valence-corrected chi connectivity index (χ4v) is 2.50. The lowest BCUT2D eigenvalue weighted by molar-refractivity contribution is -0.145. The van der Waals surface area contributed by atoms with Crippen LogP contribution in [-0.2, 0) is 19.0 Å². The Labute approximate surface area is 168 Å². The van der Waals surface area contributed by atoms with E-state index in [1.54, 1.807) is 12.1 Å². The van der Waals surface area contributed by atoms with Gasteiger partial charge >= 0.3 is 11.9 Å².